The summed E-state index contributed by atoms with van der Waals surface area (Å²) in [6.45, 7) is 3.13. The van der Waals surface area contributed by atoms with Gasteiger partial charge < -0.3 is 4.74 Å². The maximum absolute atomic E-state index is 12.0. The van der Waals surface area contributed by atoms with E-state index in [1.165, 1.54) is 0 Å². The molecule has 1 heterocycles. The third-order valence-electron chi connectivity index (χ3n) is 2.76. The summed E-state index contributed by atoms with van der Waals surface area (Å²) >= 11 is 0. The normalized spacial score (nSPS) is 13.2. The second-order valence-corrected chi connectivity index (χ2v) is 4.15. The van der Waals surface area contributed by atoms with Crippen LogP contribution in [0, 0.1) is 11.8 Å². The van der Waals surface area contributed by atoms with Gasteiger partial charge in [-0.15, -0.1) is 0 Å². The van der Waals surface area contributed by atoms with E-state index < -0.39 is 0 Å². The second kappa shape index (κ2) is 6.17. The number of hydrogen-bond acceptors (Lipinski definition) is 3. The van der Waals surface area contributed by atoms with E-state index in [4.69, 9.17) is 4.74 Å². The molecule has 4 nitrogen and oxygen atoms in total. The number of benzene rings is 1. The van der Waals surface area contributed by atoms with E-state index in [-0.39, 0.29) is 18.4 Å². The highest BCUT2D eigenvalue weighted by atomic mass is 16.5. The predicted octanol–water partition coefficient (Wildman–Crippen LogP) is 1.71. The fourth-order valence-corrected chi connectivity index (χ4v) is 1.84. The van der Waals surface area contributed by atoms with Crippen molar-refractivity contribution in [3.8, 4) is 11.8 Å². The molecule has 0 fully saturated rings. The summed E-state index contributed by atoms with van der Waals surface area (Å²) in [6.07, 6.45) is 0.945. The quantitative estimate of drug-likeness (QED) is 0.468. The van der Waals surface area contributed by atoms with Gasteiger partial charge in [-0.25, -0.2) is 0 Å². The van der Waals surface area contributed by atoms with Crippen molar-refractivity contribution in [1.82, 2.24) is 4.90 Å². The highest BCUT2D eigenvalue weighted by Crippen LogP contribution is 2.21. The Balaban J connectivity index is 1.97. The Morgan fingerprint density at radius 3 is 2.32 bits per heavy atom. The van der Waals surface area contributed by atoms with Gasteiger partial charge >= 0.3 is 0 Å². The van der Waals surface area contributed by atoms with Crippen LogP contribution in [-0.2, 0) is 4.74 Å². The number of amides is 2. The van der Waals surface area contributed by atoms with E-state index in [1.54, 1.807) is 24.3 Å². The van der Waals surface area contributed by atoms with Gasteiger partial charge in [0.15, 0.2) is 0 Å². The summed E-state index contributed by atoms with van der Waals surface area (Å²) in [5.41, 5.74) is 0.910. The standard InChI is InChI=1S/C15H15NO3/c1-2-10-19-11-6-5-9-16-14(17)12-7-3-4-8-13(12)15(16)18/h3-4,7-8H,2,9-11H2,1H3. The maximum Gasteiger partial charge on any atom is 0.262 e. The fraction of sp³-hybridized carbons (Fsp3) is 0.333. The van der Waals surface area contributed by atoms with Crippen molar-refractivity contribution in [3.05, 3.63) is 35.4 Å². The van der Waals surface area contributed by atoms with Gasteiger partial charge in [-0.2, -0.15) is 0 Å². The smallest absolute Gasteiger partial charge is 0.262 e. The van der Waals surface area contributed by atoms with Crippen LogP contribution in [0.2, 0.25) is 0 Å². The monoisotopic (exact) mass is 257 g/mol. The Morgan fingerprint density at radius 2 is 1.74 bits per heavy atom. The Hall–Kier alpha value is -2.12. The van der Waals surface area contributed by atoms with E-state index in [0.717, 1.165) is 11.3 Å². The molecule has 1 aromatic carbocycles. The SMILES string of the molecule is CCCOCC#CCN1C(=O)c2ccccc2C1=O. The van der Waals surface area contributed by atoms with E-state index in [1.807, 2.05) is 6.92 Å². The minimum atomic E-state index is -0.274. The summed E-state index contributed by atoms with van der Waals surface area (Å²) in [5.74, 6) is 5.04. The lowest BCUT2D eigenvalue weighted by Gasteiger charge is -2.08. The van der Waals surface area contributed by atoms with Crippen molar-refractivity contribution in [2.75, 3.05) is 19.8 Å². The first-order chi connectivity index (χ1) is 9.25. The molecule has 0 aromatic heterocycles. The van der Waals surface area contributed by atoms with Crippen LogP contribution in [0.15, 0.2) is 24.3 Å². The molecule has 0 spiro atoms. The third kappa shape index (κ3) is 2.83. The summed E-state index contributed by atoms with van der Waals surface area (Å²) in [6, 6.07) is 6.82. The first kappa shape index (κ1) is 13.3. The Kier molecular flexibility index (Phi) is 4.32. The molecule has 98 valence electrons. The van der Waals surface area contributed by atoms with Crippen molar-refractivity contribution in [1.29, 1.82) is 0 Å². The van der Waals surface area contributed by atoms with Gasteiger partial charge in [-0.1, -0.05) is 30.9 Å². The Bertz CT molecular complexity index is 519. The zero-order chi connectivity index (χ0) is 13.7. The lowest BCUT2D eigenvalue weighted by Crippen LogP contribution is -2.30. The molecule has 1 aromatic rings. The van der Waals surface area contributed by atoms with Crippen LogP contribution >= 0.6 is 0 Å². The number of hydrogen-bond donors (Lipinski definition) is 0. The zero-order valence-corrected chi connectivity index (χ0v) is 10.8. The van der Waals surface area contributed by atoms with Gasteiger partial charge in [0.25, 0.3) is 11.8 Å². The van der Waals surface area contributed by atoms with Crippen LogP contribution in [0.3, 0.4) is 0 Å². The molecule has 1 aliphatic heterocycles. The molecule has 1 aliphatic rings. The molecule has 0 aliphatic carbocycles. The first-order valence-electron chi connectivity index (χ1n) is 6.24. The minimum absolute atomic E-state index is 0.113. The van der Waals surface area contributed by atoms with Gasteiger partial charge in [-0.05, 0) is 18.6 Å². The van der Waals surface area contributed by atoms with Crippen LogP contribution in [0.4, 0.5) is 0 Å². The molecule has 0 atom stereocenters. The molecule has 0 saturated carbocycles. The van der Waals surface area contributed by atoms with E-state index in [0.29, 0.717) is 24.3 Å². The second-order valence-electron chi connectivity index (χ2n) is 4.15. The van der Waals surface area contributed by atoms with Crippen LogP contribution in [0.25, 0.3) is 0 Å². The van der Waals surface area contributed by atoms with Crippen LogP contribution in [0.1, 0.15) is 34.1 Å². The molecule has 0 saturated heterocycles. The number of nitrogens with zero attached hydrogens (tertiary/aromatic N) is 1. The Labute approximate surface area is 112 Å². The van der Waals surface area contributed by atoms with Crippen LogP contribution in [0.5, 0.6) is 0 Å². The van der Waals surface area contributed by atoms with Gasteiger partial charge in [-0.3, -0.25) is 14.5 Å². The number of carbonyl (C=O) groups excluding carboxylic acids is 2. The van der Waals surface area contributed by atoms with Crippen molar-refractivity contribution in [2.24, 2.45) is 0 Å². The highest BCUT2D eigenvalue weighted by molar-refractivity contribution is 6.21. The lowest BCUT2D eigenvalue weighted by molar-refractivity contribution is 0.0674. The van der Waals surface area contributed by atoms with Crippen molar-refractivity contribution < 1.29 is 14.3 Å². The topological polar surface area (TPSA) is 46.6 Å². The molecule has 0 N–H and O–H groups in total. The predicted molar refractivity (Wildman–Crippen MR) is 70.7 cm³/mol. The molecule has 2 amide bonds. The summed E-state index contributed by atoms with van der Waals surface area (Å²) < 4.78 is 5.20. The summed E-state index contributed by atoms with van der Waals surface area (Å²) in [7, 11) is 0. The molecule has 4 heteroatoms. The number of fused-ring (bicyclic) bond motifs is 1. The average Bonchev–Trinajstić information content (AvgIpc) is 2.68. The summed E-state index contributed by atoms with van der Waals surface area (Å²) in [5, 5.41) is 0. The number of imide groups is 1. The molecule has 0 unspecified atom stereocenters. The van der Waals surface area contributed by atoms with Crippen molar-refractivity contribution >= 4 is 11.8 Å². The van der Waals surface area contributed by atoms with E-state index >= 15 is 0 Å². The van der Waals surface area contributed by atoms with Gasteiger partial charge in [0.05, 0.1) is 17.7 Å². The molecule has 2 rings (SSSR count). The molecule has 0 radical (unpaired) electrons. The van der Waals surface area contributed by atoms with E-state index in [2.05, 4.69) is 11.8 Å². The first-order valence-corrected chi connectivity index (χ1v) is 6.24. The molecular formula is C15H15NO3. The van der Waals surface area contributed by atoms with E-state index in [9.17, 15) is 9.59 Å². The van der Waals surface area contributed by atoms with Crippen LogP contribution in [-0.4, -0.2) is 36.5 Å². The average molecular weight is 257 g/mol. The fourth-order valence-electron chi connectivity index (χ4n) is 1.84. The van der Waals surface area contributed by atoms with Gasteiger partial charge in [0.1, 0.15) is 6.61 Å². The van der Waals surface area contributed by atoms with Gasteiger partial charge in [0.2, 0.25) is 0 Å². The maximum atomic E-state index is 12.0. The number of carbonyl (C=O) groups is 2. The third-order valence-corrected chi connectivity index (χ3v) is 2.76. The zero-order valence-electron chi connectivity index (χ0n) is 10.8. The molecular weight excluding hydrogens is 242 g/mol. The molecule has 0 bridgehead atoms. The summed E-state index contributed by atoms with van der Waals surface area (Å²) in [4.78, 5) is 25.1. The van der Waals surface area contributed by atoms with Crippen molar-refractivity contribution in [3.63, 3.8) is 0 Å². The lowest BCUT2D eigenvalue weighted by atomic mass is 10.1. The highest BCUT2D eigenvalue weighted by Gasteiger charge is 2.34. The minimum Gasteiger partial charge on any atom is -0.369 e. The Morgan fingerprint density at radius 1 is 1.11 bits per heavy atom. The van der Waals surface area contributed by atoms with Crippen LogP contribution < -0.4 is 0 Å². The van der Waals surface area contributed by atoms with Gasteiger partial charge in [0, 0.05) is 6.61 Å². The molecule has 19 heavy (non-hydrogen) atoms. The van der Waals surface area contributed by atoms with Crippen molar-refractivity contribution in [2.45, 2.75) is 13.3 Å². The number of ether oxygens (including phenoxy) is 1. The largest absolute Gasteiger partial charge is 0.369 e. The number of rotatable bonds is 4.